The highest BCUT2D eigenvalue weighted by molar-refractivity contribution is 6.23. The van der Waals surface area contributed by atoms with Gasteiger partial charge in [-0.3, -0.25) is 19.3 Å². The molecule has 2 amide bonds. The Morgan fingerprint density at radius 3 is 2.34 bits per heavy atom. The molecular formula is C31H34N6O7. The number of imidazole rings is 1. The maximum absolute atomic E-state index is 13.3. The number of aliphatic hydroxyl groups is 1. The number of nitrogens with one attached hydrogen (secondary N) is 3. The number of carbonyl (C=O) groups excluding carboxylic acids is 2. The summed E-state index contributed by atoms with van der Waals surface area (Å²) in [6.45, 7) is 1.69. The Morgan fingerprint density at radius 2 is 1.66 bits per heavy atom. The number of methoxy groups -OCH3 is 2. The Kier molecular flexibility index (Phi) is 7.97. The van der Waals surface area contributed by atoms with Crippen LogP contribution in [0.2, 0.25) is 0 Å². The largest absolute Gasteiger partial charge is 0.496 e. The Morgan fingerprint density at radius 1 is 1.00 bits per heavy atom. The summed E-state index contributed by atoms with van der Waals surface area (Å²) in [6.07, 6.45) is 2.05. The lowest BCUT2D eigenvalue weighted by molar-refractivity contribution is 0.0516. The standard InChI is InChI=1S/C31H34N6O7/c1-36-8-5-17(6-9-36)37-30(40)22-13-25-26(14-23(22)31(37)41)35-28(34-25)27-24(4-7-32-29(27)39)33-15-18(38)16-44-21-11-19(42-2)10-20(12-21)43-3/h4,7,10-14,17-18,38H,5-6,8-9,15-16H2,1-3H3,(H,34,35)(H2,32,33,39). The molecule has 13 nitrogen and oxygen atoms in total. The van der Waals surface area contributed by atoms with Crippen LogP contribution in [-0.4, -0.2) is 101 Å². The number of fused-ring (bicyclic) bond motifs is 2. The van der Waals surface area contributed by atoms with Gasteiger partial charge in [0.25, 0.3) is 17.4 Å². The van der Waals surface area contributed by atoms with Crippen molar-refractivity contribution >= 4 is 28.5 Å². The van der Waals surface area contributed by atoms with Gasteiger partial charge >= 0.3 is 0 Å². The van der Waals surface area contributed by atoms with E-state index < -0.39 is 11.7 Å². The van der Waals surface area contributed by atoms with Crippen molar-refractivity contribution in [2.75, 3.05) is 52.8 Å². The summed E-state index contributed by atoms with van der Waals surface area (Å²) in [7, 11) is 5.10. The second-order valence-corrected chi connectivity index (χ2v) is 11.0. The predicted octanol–water partition coefficient (Wildman–Crippen LogP) is 2.48. The molecule has 0 saturated carbocycles. The van der Waals surface area contributed by atoms with E-state index in [0.717, 1.165) is 25.9 Å². The van der Waals surface area contributed by atoms with Crippen LogP contribution in [0, 0.1) is 0 Å². The van der Waals surface area contributed by atoms with Gasteiger partial charge in [0.2, 0.25) is 0 Å². The van der Waals surface area contributed by atoms with E-state index in [2.05, 4.69) is 25.2 Å². The van der Waals surface area contributed by atoms with Crippen LogP contribution in [0.1, 0.15) is 33.6 Å². The molecule has 4 heterocycles. The van der Waals surface area contributed by atoms with Crippen molar-refractivity contribution in [3.8, 4) is 28.6 Å². The fourth-order valence-electron chi connectivity index (χ4n) is 5.67. The highest BCUT2D eigenvalue weighted by Crippen LogP contribution is 2.33. The van der Waals surface area contributed by atoms with E-state index in [1.807, 2.05) is 7.05 Å². The van der Waals surface area contributed by atoms with Crippen LogP contribution in [0.25, 0.3) is 22.4 Å². The molecular weight excluding hydrogens is 568 g/mol. The monoisotopic (exact) mass is 602 g/mol. The fourth-order valence-corrected chi connectivity index (χ4v) is 5.67. The number of likely N-dealkylation sites (tertiary alicyclic amines) is 1. The maximum atomic E-state index is 13.3. The number of amides is 2. The number of nitrogens with zero attached hydrogens (tertiary/aromatic N) is 3. The number of hydrogen-bond donors (Lipinski definition) is 4. The topological polar surface area (TPSA) is 162 Å². The first-order valence-electron chi connectivity index (χ1n) is 14.4. The minimum Gasteiger partial charge on any atom is -0.496 e. The molecule has 44 heavy (non-hydrogen) atoms. The quantitative estimate of drug-likeness (QED) is 0.198. The second kappa shape index (κ2) is 12.0. The first kappa shape index (κ1) is 29.2. The number of aromatic nitrogens is 3. The Hall–Kier alpha value is -4.88. The van der Waals surface area contributed by atoms with Crippen molar-refractivity contribution in [1.82, 2.24) is 24.8 Å². The molecule has 1 fully saturated rings. The van der Waals surface area contributed by atoms with E-state index in [1.54, 1.807) is 36.4 Å². The number of hydrogen-bond acceptors (Lipinski definition) is 10. The zero-order chi connectivity index (χ0) is 31.0. The van der Waals surface area contributed by atoms with Gasteiger partial charge in [0, 0.05) is 37.0 Å². The first-order chi connectivity index (χ1) is 21.2. The summed E-state index contributed by atoms with van der Waals surface area (Å²) in [6, 6.07) is 9.86. The summed E-state index contributed by atoms with van der Waals surface area (Å²) >= 11 is 0. The van der Waals surface area contributed by atoms with E-state index in [-0.39, 0.29) is 42.4 Å². The molecule has 2 aliphatic heterocycles. The molecule has 1 saturated heterocycles. The van der Waals surface area contributed by atoms with Crippen molar-refractivity contribution in [2.24, 2.45) is 0 Å². The van der Waals surface area contributed by atoms with Gasteiger partial charge in [-0.05, 0) is 51.2 Å². The molecule has 4 aromatic rings. The highest BCUT2D eigenvalue weighted by Gasteiger charge is 2.41. The van der Waals surface area contributed by atoms with Crippen LogP contribution in [0.4, 0.5) is 5.69 Å². The number of ether oxygens (including phenoxy) is 3. The van der Waals surface area contributed by atoms with Gasteiger partial charge in [-0.25, -0.2) is 4.98 Å². The van der Waals surface area contributed by atoms with Crippen molar-refractivity contribution in [2.45, 2.75) is 25.0 Å². The number of aliphatic hydroxyl groups excluding tert-OH is 1. The molecule has 0 bridgehead atoms. The molecule has 230 valence electrons. The number of imide groups is 1. The number of anilines is 1. The van der Waals surface area contributed by atoms with E-state index in [0.29, 0.717) is 45.1 Å². The van der Waals surface area contributed by atoms with E-state index >= 15 is 0 Å². The lowest BCUT2D eigenvalue weighted by Gasteiger charge is -2.33. The predicted molar refractivity (Wildman–Crippen MR) is 163 cm³/mol. The van der Waals surface area contributed by atoms with E-state index in [1.165, 1.54) is 25.3 Å². The lowest BCUT2D eigenvalue weighted by Crippen LogP contribution is -2.46. The SMILES string of the molecule is COc1cc(OC)cc(OCC(O)CNc2cc[nH]c(=O)c2-c2nc3cc4c(cc3[nH]2)C(=O)N(C2CCN(C)CC2)C4=O)c1. The van der Waals surface area contributed by atoms with Crippen LogP contribution in [0.3, 0.4) is 0 Å². The molecule has 0 radical (unpaired) electrons. The fraction of sp³-hybridized carbons (Fsp3) is 0.355. The average molecular weight is 603 g/mol. The number of pyridine rings is 1. The normalized spacial score (nSPS) is 16.3. The number of benzene rings is 2. The first-order valence-corrected chi connectivity index (χ1v) is 14.4. The summed E-state index contributed by atoms with van der Waals surface area (Å²) in [5, 5.41) is 13.7. The zero-order valence-electron chi connectivity index (χ0n) is 24.7. The van der Waals surface area contributed by atoms with Crippen LogP contribution in [0.5, 0.6) is 17.2 Å². The highest BCUT2D eigenvalue weighted by atomic mass is 16.5. The summed E-state index contributed by atoms with van der Waals surface area (Å²) in [5.74, 6) is 1.22. The zero-order valence-corrected chi connectivity index (χ0v) is 24.7. The average Bonchev–Trinajstić information content (AvgIpc) is 3.55. The van der Waals surface area contributed by atoms with Gasteiger partial charge in [-0.15, -0.1) is 0 Å². The third-order valence-electron chi connectivity index (χ3n) is 8.07. The van der Waals surface area contributed by atoms with Crippen molar-refractivity contribution in [1.29, 1.82) is 0 Å². The molecule has 2 aromatic carbocycles. The van der Waals surface area contributed by atoms with Gasteiger partial charge in [0.05, 0.1) is 42.1 Å². The van der Waals surface area contributed by atoms with Gasteiger partial charge < -0.3 is 39.5 Å². The van der Waals surface area contributed by atoms with Crippen molar-refractivity contribution in [3.05, 3.63) is 64.1 Å². The van der Waals surface area contributed by atoms with E-state index in [4.69, 9.17) is 14.2 Å². The number of aromatic amines is 2. The molecule has 1 atom stereocenters. The maximum Gasteiger partial charge on any atom is 0.261 e. The molecule has 0 aliphatic carbocycles. The van der Waals surface area contributed by atoms with Crippen molar-refractivity contribution < 1.29 is 28.9 Å². The summed E-state index contributed by atoms with van der Waals surface area (Å²) in [4.78, 5) is 53.6. The summed E-state index contributed by atoms with van der Waals surface area (Å²) in [5.41, 5.74) is 1.88. The number of carbonyl (C=O) groups is 2. The van der Waals surface area contributed by atoms with Gasteiger partial charge in [-0.2, -0.15) is 0 Å². The molecule has 6 rings (SSSR count). The van der Waals surface area contributed by atoms with Crippen LogP contribution >= 0.6 is 0 Å². The lowest BCUT2D eigenvalue weighted by atomic mass is 10.0. The third kappa shape index (κ3) is 5.58. The van der Waals surface area contributed by atoms with Gasteiger partial charge in [0.1, 0.15) is 41.3 Å². The van der Waals surface area contributed by atoms with Crippen LogP contribution in [-0.2, 0) is 0 Å². The Bertz CT molecular complexity index is 1700. The Labute approximate surface area is 252 Å². The Balaban J connectivity index is 1.18. The van der Waals surface area contributed by atoms with Crippen LogP contribution in [0.15, 0.2) is 47.4 Å². The third-order valence-corrected chi connectivity index (χ3v) is 8.07. The summed E-state index contributed by atoms with van der Waals surface area (Å²) < 4.78 is 16.2. The van der Waals surface area contributed by atoms with Crippen LogP contribution < -0.4 is 25.1 Å². The molecule has 0 spiro atoms. The van der Waals surface area contributed by atoms with Gasteiger partial charge in [-0.1, -0.05) is 0 Å². The molecule has 4 N–H and O–H groups in total. The molecule has 13 heteroatoms. The second-order valence-electron chi connectivity index (χ2n) is 11.0. The molecule has 2 aromatic heterocycles. The minimum absolute atomic E-state index is 0.0331. The number of piperidine rings is 1. The van der Waals surface area contributed by atoms with Gasteiger partial charge in [0.15, 0.2) is 0 Å². The molecule has 2 aliphatic rings. The minimum atomic E-state index is -0.928. The number of rotatable bonds is 10. The number of H-pyrrole nitrogens is 2. The van der Waals surface area contributed by atoms with E-state index in [9.17, 15) is 19.5 Å². The smallest absolute Gasteiger partial charge is 0.261 e. The van der Waals surface area contributed by atoms with Crippen molar-refractivity contribution in [3.63, 3.8) is 0 Å². The molecule has 1 unspecified atom stereocenters.